The molecule has 1 atom stereocenters. The number of carbonyl (C=O) groups excluding carboxylic acids is 1. The van der Waals surface area contributed by atoms with Gasteiger partial charge in [-0.3, -0.25) is 4.79 Å². The van der Waals surface area contributed by atoms with E-state index >= 15 is 0 Å². The van der Waals surface area contributed by atoms with Crippen LogP contribution in [0.25, 0.3) is 0 Å². The average Bonchev–Trinajstić information content (AvgIpc) is 2.96. The summed E-state index contributed by atoms with van der Waals surface area (Å²) in [6.07, 6.45) is 3.61. The van der Waals surface area contributed by atoms with Crippen LogP contribution in [-0.2, 0) is 4.74 Å². The highest BCUT2D eigenvalue weighted by Gasteiger charge is 2.42. The summed E-state index contributed by atoms with van der Waals surface area (Å²) in [5, 5.41) is 0. The van der Waals surface area contributed by atoms with Crippen molar-refractivity contribution in [1.82, 2.24) is 9.80 Å². The zero-order chi connectivity index (χ0) is 15.4. The Hall–Kier alpha value is -1.39. The highest BCUT2D eigenvalue weighted by molar-refractivity contribution is 5.94. The summed E-state index contributed by atoms with van der Waals surface area (Å²) in [6.45, 7) is 5.87. The Balaban J connectivity index is 1.62. The third-order valence-electron chi connectivity index (χ3n) is 5.10. The van der Waals surface area contributed by atoms with Crippen LogP contribution in [0.1, 0.15) is 29.6 Å². The van der Waals surface area contributed by atoms with Gasteiger partial charge in [0.05, 0.1) is 6.61 Å². The molecule has 2 aliphatic rings. The van der Waals surface area contributed by atoms with Crippen molar-refractivity contribution < 1.29 is 9.53 Å². The van der Waals surface area contributed by atoms with Gasteiger partial charge >= 0.3 is 0 Å². The van der Waals surface area contributed by atoms with Gasteiger partial charge in [0, 0.05) is 44.3 Å². The third-order valence-corrected chi connectivity index (χ3v) is 5.10. The van der Waals surface area contributed by atoms with Crippen LogP contribution in [-0.4, -0.2) is 62.1 Å². The van der Waals surface area contributed by atoms with Gasteiger partial charge in [0.2, 0.25) is 0 Å². The summed E-state index contributed by atoms with van der Waals surface area (Å²) in [7, 11) is 1.76. The van der Waals surface area contributed by atoms with Gasteiger partial charge in [-0.15, -0.1) is 0 Å². The second kappa shape index (κ2) is 6.80. The number of amides is 1. The van der Waals surface area contributed by atoms with Crippen molar-refractivity contribution in [2.75, 3.05) is 46.4 Å². The predicted octanol–water partition coefficient (Wildman–Crippen LogP) is 2.26. The first-order chi connectivity index (χ1) is 10.7. The van der Waals surface area contributed by atoms with Gasteiger partial charge < -0.3 is 14.5 Å². The highest BCUT2D eigenvalue weighted by atomic mass is 16.5. The third kappa shape index (κ3) is 3.33. The van der Waals surface area contributed by atoms with Gasteiger partial charge in [-0.2, -0.15) is 0 Å². The monoisotopic (exact) mass is 302 g/mol. The molecule has 0 N–H and O–H groups in total. The van der Waals surface area contributed by atoms with Gasteiger partial charge in [0.1, 0.15) is 0 Å². The van der Waals surface area contributed by atoms with Gasteiger partial charge in [0.25, 0.3) is 5.91 Å². The van der Waals surface area contributed by atoms with Crippen LogP contribution in [0.5, 0.6) is 0 Å². The Morgan fingerprint density at radius 2 is 2.00 bits per heavy atom. The minimum absolute atomic E-state index is 0.187. The molecule has 1 aromatic rings. The van der Waals surface area contributed by atoms with Gasteiger partial charge in [-0.05, 0) is 37.9 Å². The van der Waals surface area contributed by atoms with Crippen molar-refractivity contribution in [2.24, 2.45) is 5.41 Å². The van der Waals surface area contributed by atoms with Crippen LogP contribution in [0, 0.1) is 5.41 Å². The maximum Gasteiger partial charge on any atom is 0.253 e. The van der Waals surface area contributed by atoms with Crippen molar-refractivity contribution in [2.45, 2.75) is 19.3 Å². The molecule has 1 spiro atoms. The second-order valence-electron chi connectivity index (χ2n) is 6.72. The van der Waals surface area contributed by atoms with E-state index in [4.69, 9.17) is 4.74 Å². The van der Waals surface area contributed by atoms with Crippen LogP contribution in [0.4, 0.5) is 0 Å². The van der Waals surface area contributed by atoms with Crippen molar-refractivity contribution in [1.29, 1.82) is 0 Å². The molecule has 2 heterocycles. The molecule has 0 radical (unpaired) electrons. The van der Waals surface area contributed by atoms with E-state index in [0.717, 1.165) is 51.3 Å². The molecule has 22 heavy (non-hydrogen) atoms. The summed E-state index contributed by atoms with van der Waals surface area (Å²) in [6, 6.07) is 9.66. The molecule has 2 aliphatic heterocycles. The molecular weight excluding hydrogens is 276 g/mol. The molecule has 2 saturated heterocycles. The number of benzene rings is 1. The standard InChI is InChI=1S/C18H26N2O2/c1-22-13-12-19-10-5-8-18(14-19)9-11-20(15-18)17(21)16-6-3-2-4-7-16/h2-4,6-7H,5,8-15H2,1H3/t18-/m1/s1. The van der Waals surface area contributed by atoms with Gasteiger partial charge in [-0.1, -0.05) is 18.2 Å². The van der Waals surface area contributed by atoms with Gasteiger partial charge in [-0.25, -0.2) is 0 Å². The van der Waals surface area contributed by atoms with E-state index in [-0.39, 0.29) is 5.91 Å². The minimum Gasteiger partial charge on any atom is -0.383 e. The lowest BCUT2D eigenvalue weighted by atomic mass is 9.79. The fourth-order valence-corrected chi connectivity index (χ4v) is 3.93. The van der Waals surface area contributed by atoms with E-state index < -0.39 is 0 Å². The van der Waals surface area contributed by atoms with E-state index in [0.29, 0.717) is 5.41 Å². The van der Waals surface area contributed by atoms with E-state index in [1.807, 2.05) is 30.3 Å². The number of methoxy groups -OCH3 is 1. The lowest BCUT2D eigenvalue weighted by Gasteiger charge is -2.40. The first-order valence-electron chi connectivity index (χ1n) is 8.28. The van der Waals surface area contributed by atoms with E-state index in [9.17, 15) is 4.79 Å². The van der Waals surface area contributed by atoms with Crippen molar-refractivity contribution in [3.63, 3.8) is 0 Å². The SMILES string of the molecule is COCCN1CCC[C@@]2(CCN(C(=O)c3ccccc3)C2)C1. The summed E-state index contributed by atoms with van der Waals surface area (Å²) >= 11 is 0. The number of hydrogen-bond acceptors (Lipinski definition) is 3. The number of hydrogen-bond donors (Lipinski definition) is 0. The molecule has 120 valence electrons. The lowest BCUT2D eigenvalue weighted by Crippen LogP contribution is -2.46. The Bertz CT molecular complexity index is 505. The van der Waals surface area contributed by atoms with Crippen LogP contribution < -0.4 is 0 Å². The Labute approximate surface area is 133 Å². The summed E-state index contributed by atoms with van der Waals surface area (Å²) < 4.78 is 5.21. The number of piperidine rings is 1. The zero-order valence-corrected chi connectivity index (χ0v) is 13.5. The van der Waals surface area contributed by atoms with Crippen LogP contribution in [0.15, 0.2) is 30.3 Å². The molecule has 3 rings (SSSR count). The number of rotatable bonds is 4. The van der Waals surface area contributed by atoms with Crippen molar-refractivity contribution >= 4 is 5.91 Å². The second-order valence-corrected chi connectivity index (χ2v) is 6.72. The minimum atomic E-state index is 0.187. The summed E-state index contributed by atoms with van der Waals surface area (Å²) in [5.74, 6) is 0.187. The van der Waals surface area contributed by atoms with Gasteiger partial charge in [0.15, 0.2) is 0 Å². The Kier molecular flexibility index (Phi) is 4.79. The van der Waals surface area contributed by atoms with E-state index in [2.05, 4.69) is 9.80 Å². The largest absolute Gasteiger partial charge is 0.383 e. The molecule has 2 fully saturated rings. The van der Waals surface area contributed by atoms with Crippen LogP contribution in [0.3, 0.4) is 0 Å². The van der Waals surface area contributed by atoms with E-state index in [1.54, 1.807) is 7.11 Å². The molecule has 0 aliphatic carbocycles. The zero-order valence-electron chi connectivity index (χ0n) is 13.5. The maximum atomic E-state index is 12.6. The smallest absolute Gasteiger partial charge is 0.253 e. The molecule has 0 saturated carbocycles. The average molecular weight is 302 g/mol. The number of carbonyl (C=O) groups is 1. The van der Waals surface area contributed by atoms with Crippen LogP contribution in [0.2, 0.25) is 0 Å². The van der Waals surface area contributed by atoms with Crippen molar-refractivity contribution in [3.05, 3.63) is 35.9 Å². The van der Waals surface area contributed by atoms with E-state index in [1.165, 1.54) is 12.8 Å². The molecule has 0 unspecified atom stereocenters. The summed E-state index contributed by atoms with van der Waals surface area (Å²) in [4.78, 5) is 17.2. The lowest BCUT2D eigenvalue weighted by molar-refractivity contribution is 0.0601. The fraction of sp³-hybridized carbons (Fsp3) is 0.611. The molecule has 4 heteroatoms. The predicted molar refractivity (Wildman–Crippen MR) is 86.9 cm³/mol. The Morgan fingerprint density at radius 1 is 1.18 bits per heavy atom. The molecule has 1 aromatic carbocycles. The Morgan fingerprint density at radius 3 is 2.77 bits per heavy atom. The van der Waals surface area contributed by atoms with Crippen molar-refractivity contribution in [3.8, 4) is 0 Å². The summed E-state index contributed by atoms with van der Waals surface area (Å²) in [5.41, 5.74) is 1.11. The van der Waals surface area contributed by atoms with Crippen LogP contribution >= 0.6 is 0 Å². The first kappa shape index (κ1) is 15.5. The maximum absolute atomic E-state index is 12.6. The quantitative estimate of drug-likeness (QED) is 0.855. The fourth-order valence-electron chi connectivity index (χ4n) is 3.93. The number of likely N-dealkylation sites (tertiary alicyclic amines) is 2. The molecule has 1 amide bonds. The molecule has 4 nitrogen and oxygen atoms in total. The molecule has 0 bridgehead atoms. The number of nitrogens with zero attached hydrogens (tertiary/aromatic N) is 2. The topological polar surface area (TPSA) is 32.8 Å². The molecule has 0 aromatic heterocycles. The highest BCUT2D eigenvalue weighted by Crippen LogP contribution is 2.39. The first-order valence-corrected chi connectivity index (χ1v) is 8.28. The number of ether oxygens (including phenoxy) is 1. The molecular formula is C18H26N2O2. The normalized spacial score (nSPS) is 25.8.